The molecule has 0 spiro atoms. The first-order valence-electron chi connectivity index (χ1n) is 7.02. The Labute approximate surface area is 131 Å². The summed E-state index contributed by atoms with van der Waals surface area (Å²) in [5, 5.41) is 11.8. The van der Waals surface area contributed by atoms with Crippen molar-refractivity contribution in [2.75, 3.05) is 0 Å². The lowest BCUT2D eigenvalue weighted by Crippen LogP contribution is -1.89. The third kappa shape index (κ3) is 2.14. The Morgan fingerprint density at radius 2 is 2.05 bits per heavy atom. The van der Waals surface area contributed by atoms with Gasteiger partial charge in [-0.2, -0.15) is 0 Å². The van der Waals surface area contributed by atoms with E-state index >= 15 is 0 Å². The lowest BCUT2D eigenvalue weighted by Gasteiger charge is -1.99. The van der Waals surface area contributed by atoms with E-state index in [9.17, 15) is 10.1 Å². The summed E-state index contributed by atoms with van der Waals surface area (Å²) in [5.74, 6) is 1.46. The molecule has 22 heavy (non-hydrogen) atoms. The average molecular weight is 314 g/mol. The number of non-ortho nitro benzene ring substituents is 1. The predicted octanol–water partition coefficient (Wildman–Crippen LogP) is 4.40. The van der Waals surface area contributed by atoms with E-state index in [0.29, 0.717) is 17.0 Å². The maximum absolute atomic E-state index is 11.1. The Hall–Kier alpha value is -2.40. The van der Waals surface area contributed by atoms with Gasteiger partial charge in [0.25, 0.3) is 5.69 Å². The topological polar surface area (TPSA) is 71.8 Å². The van der Waals surface area contributed by atoms with Crippen LogP contribution in [0.15, 0.2) is 42.5 Å². The van der Waals surface area contributed by atoms with Gasteiger partial charge < -0.3 is 4.98 Å². The molecule has 0 bridgehead atoms. The Morgan fingerprint density at radius 1 is 1.23 bits per heavy atom. The summed E-state index contributed by atoms with van der Waals surface area (Å²) in [6, 6.07) is 12.8. The van der Waals surface area contributed by atoms with Crippen molar-refractivity contribution >= 4 is 28.3 Å². The number of fused-ring (bicyclic) bond motifs is 1. The SMILES string of the molecule is O=[N+]([O-])c1cccc2nc([C@H]3C[C@@H]3c3cccc(Cl)c3)[nH]c12. The number of rotatable bonds is 3. The van der Waals surface area contributed by atoms with Crippen molar-refractivity contribution in [3.8, 4) is 0 Å². The minimum atomic E-state index is -0.383. The van der Waals surface area contributed by atoms with Crippen LogP contribution in [0.25, 0.3) is 11.0 Å². The van der Waals surface area contributed by atoms with Gasteiger partial charge in [0.2, 0.25) is 0 Å². The zero-order valence-corrected chi connectivity index (χ0v) is 12.2. The fourth-order valence-corrected chi connectivity index (χ4v) is 3.16. The lowest BCUT2D eigenvalue weighted by molar-refractivity contribution is -0.383. The highest BCUT2D eigenvalue weighted by Crippen LogP contribution is 2.54. The smallest absolute Gasteiger partial charge is 0.294 e. The largest absolute Gasteiger partial charge is 0.336 e. The number of imidazole rings is 1. The van der Waals surface area contributed by atoms with Gasteiger partial charge in [-0.05, 0) is 36.1 Å². The van der Waals surface area contributed by atoms with Crippen molar-refractivity contribution in [3.05, 3.63) is 69.0 Å². The zero-order chi connectivity index (χ0) is 15.3. The molecule has 2 aromatic carbocycles. The highest BCUT2D eigenvalue weighted by atomic mass is 35.5. The fourth-order valence-electron chi connectivity index (χ4n) is 2.97. The second-order valence-electron chi connectivity index (χ2n) is 5.55. The van der Waals surface area contributed by atoms with Crippen molar-refractivity contribution in [2.24, 2.45) is 0 Å². The molecule has 0 unspecified atom stereocenters. The van der Waals surface area contributed by atoms with E-state index in [1.54, 1.807) is 12.1 Å². The molecule has 1 fully saturated rings. The molecule has 1 aliphatic carbocycles. The molecule has 1 heterocycles. The molecule has 6 heteroatoms. The van der Waals surface area contributed by atoms with Gasteiger partial charge in [0.05, 0.1) is 10.4 Å². The molecule has 5 nitrogen and oxygen atoms in total. The zero-order valence-electron chi connectivity index (χ0n) is 11.5. The third-order valence-electron chi connectivity index (χ3n) is 4.13. The molecule has 0 saturated heterocycles. The number of nitro groups is 1. The van der Waals surface area contributed by atoms with Gasteiger partial charge in [0.15, 0.2) is 0 Å². The van der Waals surface area contributed by atoms with Gasteiger partial charge >= 0.3 is 0 Å². The summed E-state index contributed by atoms with van der Waals surface area (Å²) in [7, 11) is 0. The summed E-state index contributed by atoms with van der Waals surface area (Å²) < 4.78 is 0. The van der Waals surface area contributed by atoms with E-state index in [4.69, 9.17) is 11.6 Å². The van der Waals surface area contributed by atoms with Crippen LogP contribution in [-0.4, -0.2) is 14.9 Å². The summed E-state index contributed by atoms with van der Waals surface area (Å²) in [4.78, 5) is 18.4. The number of aromatic nitrogens is 2. The van der Waals surface area contributed by atoms with E-state index < -0.39 is 0 Å². The van der Waals surface area contributed by atoms with Crippen LogP contribution in [0, 0.1) is 10.1 Å². The third-order valence-corrected chi connectivity index (χ3v) is 4.36. The Balaban J connectivity index is 1.69. The van der Waals surface area contributed by atoms with Gasteiger partial charge in [-0.3, -0.25) is 10.1 Å². The van der Waals surface area contributed by atoms with Crippen molar-refractivity contribution in [1.29, 1.82) is 0 Å². The summed E-state index contributed by atoms with van der Waals surface area (Å²) in [6.07, 6.45) is 0.980. The van der Waals surface area contributed by atoms with Crippen molar-refractivity contribution in [1.82, 2.24) is 9.97 Å². The Bertz CT molecular complexity index is 890. The molecule has 1 aromatic heterocycles. The highest BCUT2D eigenvalue weighted by molar-refractivity contribution is 6.30. The molecule has 1 saturated carbocycles. The van der Waals surface area contributed by atoms with Crippen LogP contribution in [0.5, 0.6) is 0 Å². The van der Waals surface area contributed by atoms with Crippen LogP contribution in [0.1, 0.15) is 29.6 Å². The predicted molar refractivity (Wildman–Crippen MR) is 84.3 cm³/mol. The van der Waals surface area contributed by atoms with E-state index in [0.717, 1.165) is 17.3 Å². The number of nitro benzene ring substituents is 1. The fraction of sp³-hybridized carbons (Fsp3) is 0.188. The average Bonchev–Trinajstić information content (AvgIpc) is 3.18. The molecule has 110 valence electrons. The number of hydrogen-bond acceptors (Lipinski definition) is 3. The molecular weight excluding hydrogens is 302 g/mol. The van der Waals surface area contributed by atoms with Crippen LogP contribution in [0.4, 0.5) is 5.69 Å². The van der Waals surface area contributed by atoms with Gasteiger partial charge in [-0.15, -0.1) is 0 Å². The Morgan fingerprint density at radius 3 is 2.82 bits per heavy atom. The van der Waals surface area contributed by atoms with E-state index in [1.807, 2.05) is 18.2 Å². The number of nitrogens with one attached hydrogen (secondary N) is 1. The van der Waals surface area contributed by atoms with Crippen LogP contribution >= 0.6 is 11.6 Å². The Kier molecular flexibility index (Phi) is 2.90. The van der Waals surface area contributed by atoms with Crippen LogP contribution in [0.2, 0.25) is 5.02 Å². The van der Waals surface area contributed by atoms with E-state index in [-0.39, 0.29) is 16.5 Å². The van der Waals surface area contributed by atoms with Crippen molar-refractivity contribution in [3.63, 3.8) is 0 Å². The second kappa shape index (κ2) is 4.81. The number of para-hydroxylation sites is 1. The van der Waals surface area contributed by atoms with Crippen LogP contribution < -0.4 is 0 Å². The number of nitrogens with zero attached hydrogens (tertiary/aromatic N) is 2. The van der Waals surface area contributed by atoms with E-state index in [2.05, 4.69) is 16.0 Å². The number of benzene rings is 2. The van der Waals surface area contributed by atoms with Crippen molar-refractivity contribution < 1.29 is 4.92 Å². The molecule has 3 aromatic rings. The first kappa shape index (κ1) is 13.3. The number of hydrogen-bond donors (Lipinski definition) is 1. The highest BCUT2D eigenvalue weighted by Gasteiger charge is 2.42. The maximum Gasteiger partial charge on any atom is 0.294 e. The van der Waals surface area contributed by atoms with Crippen LogP contribution in [0.3, 0.4) is 0 Å². The molecule has 4 rings (SSSR count). The summed E-state index contributed by atoms with van der Waals surface area (Å²) >= 11 is 6.03. The monoisotopic (exact) mass is 313 g/mol. The molecule has 1 aliphatic rings. The van der Waals surface area contributed by atoms with Gasteiger partial charge in [0.1, 0.15) is 11.3 Å². The molecule has 1 N–H and O–H groups in total. The lowest BCUT2D eigenvalue weighted by atomic mass is 10.1. The maximum atomic E-state index is 11.1. The summed E-state index contributed by atoms with van der Waals surface area (Å²) in [5.41, 5.74) is 2.39. The van der Waals surface area contributed by atoms with Crippen molar-refractivity contribution in [2.45, 2.75) is 18.3 Å². The van der Waals surface area contributed by atoms with E-state index in [1.165, 1.54) is 11.6 Å². The minimum absolute atomic E-state index is 0.0659. The summed E-state index contributed by atoms with van der Waals surface area (Å²) in [6.45, 7) is 0. The molecular formula is C16H12ClN3O2. The molecule has 0 radical (unpaired) electrons. The molecule has 2 atom stereocenters. The molecule has 0 aliphatic heterocycles. The number of halogens is 1. The quantitative estimate of drug-likeness (QED) is 0.575. The van der Waals surface area contributed by atoms with Gasteiger partial charge in [-0.1, -0.05) is 29.8 Å². The van der Waals surface area contributed by atoms with Gasteiger partial charge in [-0.25, -0.2) is 4.98 Å². The van der Waals surface area contributed by atoms with Crippen LogP contribution in [-0.2, 0) is 0 Å². The first-order chi connectivity index (χ1) is 10.6. The number of H-pyrrole nitrogens is 1. The van der Waals surface area contributed by atoms with Gasteiger partial charge in [0, 0.05) is 17.0 Å². The minimum Gasteiger partial charge on any atom is -0.336 e. The molecule has 0 amide bonds. The second-order valence-corrected chi connectivity index (χ2v) is 5.99. The standard InChI is InChI=1S/C16H12ClN3O2/c17-10-4-1-3-9(7-10)11-8-12(11)16-18-13-5-2-6-14(20(21)22)15(13)19-16/h1-7,11-12H,8H2,(H,18,19)/t11-,12+/m1/s1. The first-order valence-corrected chi connectivity index (χ1v) is 7.40. The normalized spacial score (nSPS) is 20.2. The number of aromatic amines is 1.